The number of likely N-dealkylation sites (tertiary alicyclic amines) is 1. The quantitative estimate of drug-likeness (QED) is 0.484. The van der Waals surface area contributed by atoms with Gasteiger partial charge in [-0.05, 0) is 49.2 Å². The smallest absolute Gasteiger partial charge is 0.337 e. The zero-order valence-corrected chi connectivity index (χ0v) is 18.2. The summed E-state index contributed by atoms with van der Waals surface area (Å²) in [5.41, 5.74) is 2.38. The monoisotopic (exact) mass is 448 g/mol. The molecule has 1 N–H and O–H groups in total. The van der Waals surface area contributed by atoms with E-state index in [1.807, 2.05) is 33.7 Å². The summed E-state index contributed by atoms with van der Waals surface area (Å²) in [6.45, 7) is 1.24. The lowest BCUT2D eigenvalue weighted by Gasteiger charge is -2.35. The van der Waals surface area contributed by atoms with Crippen molar-refractivity contribution in [3.05, 3.63) is 64.6 Å². The molecule has 9 nitrogen and oxygen atoms in total. The number of carbonyl (C=O) groups is 3. The number of hydrogen-bond donors (Lipinski definition) is 1. The van der Waals surface area contributed by atoms with Gasteiger partial charge < -0.3 is 9.72 Å². The standard InChI is InChI=1S/C24H24N4O5/c1-33-23(31)15-6-8-16(9-7-15)28-21(29)14-20(22(28)30)26-12-10-17(11-13-26)27-19-5-3-2-4-18(19)25-24(27)32/h2-9,17,20H,10-14H2,1H3,(H,25,32)/t20-/m0/s1. The van der Waals surface area contributed by atoms with Gasteiger partial charge in [0.15, 0.2) is 0 Å². The number of hydrogen-bond acceptors (Lipinski definition) is 6. The largest absolute Gasteiger partial charge is 0.465 e. The van der Waals surface area contributed by atoms with Crippen LogP contribution in [0.3, 0.4) is 0 Å². The van der Waals surface area contributed by atoms with Crippen LogP contribution in [0.4, 0.5) is 5.69 Å². The lowest BCUT2D eigenvalue weighted by molar-refractivity contribution is -0.123. The molecular weight excluding hydrogens is 424 g/mol. The van der Waals surface area contributed by atoms with Crippen LogP contribution >= 0.6 is 0 Å². The van der Waals surface area contributed by atoms with E-state index in [0.717, 1.165) is 11.0 Å². The van der Waals surface area contributed by atoms with E-state index < -0.39 is 12.0 Å². The van der Waals surface area contributed by atoms with Crippen molar-refractivity contribution >= 4 is 34.5 Å². The molecule has 3 aromatic rings. The number of aromatic nitrogens is 2. The highest BCUT2D eigenvalue weighted by Gasteiger charge is 2.43. The number of benzene rings is 2. The van der Waals surface area contributed by atoms with E-state index in [0.29, 0.717) is 37.2 Å². The number of piperidine rings is 1. The number of nitrogens with one attached hydrogen (secondary N) is 1. The predicted octanol–water partition coefficient (Wildman–Crippen LogP) is 2.09. The first kappa shape index (κ1) is 21.1. The SMILES string of the molecule is COC(=O)c1ccc(N2C(=O)C[C@H](N3CCC(n4c(=O)[nH]c5ccccc54)CC3)C2=O)cc1. The molecule has 2 saturated heterocycles. The molecule has 1 atom stereocenters. The number of rotatable bonds is 4. The number of nitrogens with zero attached hydrogens (tertiary/aromatic N) is 3. The van der Waals surface area contributed by atoms with Gasteiger partial charge in [-0.15, -0.1) is 0 Å². The summed E-state index contributed by atoms with van der Waals surface area (Å²) in [7, 11) is 1.30. The molecule has 0 spiro atoms. The maximum atomic E-state index is 13.1. The van der Waals surface area contributed by atoms with Gasteiger partial charge in [0.25, 0.3) is 5.91 Å². The molecule has 0 unspecified atom stereocenters. The zero-order chi connectivity index (χ0) is 23.1. The molecule has 170 valence electrons. The Labute approximate surface area is 189 Å². The Bertz CT molecular complexity index is 1280. The van der Waals surface area contributed by atoms with Crippen LogP contribution in [0.15, 0.2) is 53.3 Å². The second kappa shape index (κ2) is 8.32. The van der Waals surface area contributed by atoms with Gasteiger partial charge in [0, 0.05) is 19.1 Å². The molecule has 2 fully saturated rings. The highest BCUT2D eigenvalue weighted by molar-refractivity contribution is 6.22. The minimum atomic E-state index is -0.515. The lowest BCUT2D eigenvalue weighted by atomic mass is 10.0. The van der Waals surface area contributed by atoms with E-state index in [2.05, 4.69) is 4.98 Å². The van der Waals surface area contributed by atoms with Crippen molar-refractivity contribution in [2.75, 3.05) is 25.1 Å². The second-order valence-electron chi connectivity index (χ2n) is 8.41. The van der Waals surface area contributed by atoms with Gasteiger partial charge in [-0.2, -0.15) is 0 Å². The molecule has 33 heavy (non-hydrogen) atoms. The number of esters is 1. The molecule has 2 aliphatic rings. The van der Waals surface area contributed by atoms with Gasteiger partial charge in [-0.3, -0.25) is 19.1 Å². The van der Waals surface area contributed by atoms with Crippen LogP contribution in [0.2, 0.25) is 0 Å². The van der Waals surface area contributed by atoms with Crippen LogP contribution in [0.25, 0.3) is 11.0 Å². The number of fused-ring (bicyclic) bond motifs is 1. The lowest BCUT2D eigenvalue weighted by Crippen LogP contribution is -2.46. The Morgan fingerprint density at radius 1 is 1.00 bits per heavy atom. The summed E-state index contributed by atoms with van der Waals surface area (Å²) in [5.74, 6) is -0.991. The molecule has 0 bridgehead atoms. The first-order chi connectivity index (χ1) is 16.0. The third-order valence-electron chi connectivity index (χ3n) is 6.60. The Balaban J connectivity index is 1.29. The number of aromatic amines is 1. The molecule has 0 saturated carbocycles. The Morgan fingerprint density at radius 2 is 1.70 bits per heavy atom. The van der Waals surface area contributed by atoms with Crippen molar-refractivity contribution in [1.82, 2.24) is 14.5 Å². The van der Waals surface area contributed by atoms with E-state index in [1.54, 1.807) is 24.3 Å². The molecule has 2 amide bonds. The molecule has 9 heteroatoms. The van der Waals surface area contributed by atoms with Crippen molar-refractivity contribution < 1.29 is 19.1 Å². The highest BCUT2D eigenvalue weighted by Crippen LogP contribution is 2.31. The topological polar surface area (TPSA) is 105 Å². The minimum Gasteiger partial charge on any atom is -0.465 e. The highest BCUT2D eigenvalue weighted by atomic mass is 16.5. The number of para-hydroxylation sites is 2. The maximum absolute atomic E-state index is 13.1. The summed E-state index contributed by atoms with van der Waals surface area (Å²) in [4.78, 5) is 56.1. The predicted molar refractivity (Wildman–Crippen MR) is 121 cm³/mol. The number of methoxy groups -OCH3 is 1. The normalized spacial score (nSPS) is 20.0. The molecule has 2 aliphatic heterocycles. The van der Waals surface area contributed by atoms with Crippen LogP contribution in [0, 0.1) is 0 Å². The summed E-state index contributed by atoms with van der Waals surface area (Å²) in [5, 5.41) is 0. The Morgan fingerprint density at radius 3 is 2.39 bits per heavy atom. The summed E-state index contributed by atoms with van der Waals surface area (Å²) >= 11 is 0. The van der Waals surface area contributed by atoms with Gasteiger partial charge >= 0.3 is 11.7 Å². The van der Waals surface area contributed by atoms with Crippen LogP contribution < -0.4 is 10.6 Å². The van der Waals surface area contributed by atoms with Gasteiger partial charge in [0.1, 0.15) is 0 Å². The summed E-state index contributed by atoms with van der Waals surface area (Å²) in [6.07, 6.45) is 1.55. The molecule has 5 rings (SSSR count). The van der Waals surface area contributed by atoms with Crippen molar-refractivity contribution in [2.24, 2.45) is 0 Å². The maximum Gasteiger partial charge on any atom is 0.337 e. The molecule has 1 aromatic heterocycles. The van der Waals surface area contributed by atoms with E-state index >= 15 is 0 Å². The van der Waals surface area contributed by atoms with Crippen molar-refractivity contribution in [3.8, 4) is 0 Å². The van der Waals surface area contributed by atoms with E-state index in [-0.39, 0.29) is 30.0 Å². The Hall–Kier alpha value is -3.72. The molecule has 0 radical (unpaired) electrons. The molecule has 3 heterocycles. The zero-order valence-electron chi connectivity index (χ0n) is 18.2. The van der Waals surface area contributed by atoms with E-state index in [1.165, 1.54) is 12.0 Å². The van der Waals surface area contributed by atoms with Crippen LogP contribution in [-0.2, 0) is 14.3 Å². The number of H-pyrrole nitrogens is 1. The van der Waals surface area contributed by atoms with Crippen molar-refractivity contribution in [2.45, 2.75) is 31.3 Å². The Kier molecular flexibility index (Phi) is 5.33. The fourth-order valence-corrected chi connectivity index (χ4v) is 4.93. The molecular formula is C24H24N4O5. The van der Waals surface area contributed by atoms with E-state index in [4.69, 9.17) is 4.74 Å². The van der Waals surface area contributed by atoms with Gasteiger partial charge in [0.05, 0.1) is 41.9 Å². The first-order valence-corrected chi connectivity index (χ1v) is 11.0. The average Bonchev–Trinajstić information content (AvgIpc) is 3.33. The van der Waals surface area contributed by atoms with Gasteiger partial charge in [-0.25, -0.2) is 14.5 Å². The third kappa shape index (κ3) is 3.64. The number of imidazole rings is 1. The van der Waals surface area contributed by atoms with E-state index in [9.17, 15) is 19.2 Å². The molecule has 2 aromatic carbocycles. The molecule has 0 aliphatic carbocycles. The van der Waals surface area contributed by atoms with Crippen LogP contribution in [0.1, 0.15) is 35.7 Å². The number of carbonyl (C=O) groups excluding carboxylic acids is 3. The number of anilines is 1. The summed E-state index contributed by atoms with van der Waals surface area (Å²) in [6, 6.07) is 13.4. The van der Waals surface area contributed by atoms with Crippen molar-refractivity contribution in [1.29, 1.82) is 0 Å². The number of ether oxygens (including phenoxy) is 1. The van der Waals surface area contributed by atoms with Crippen LogP contribution in [-0.4, -0.2) is 58.5 Å². The number of amides is 2. The van der Waals surface area contributed by atoms with Gasteiger partial charge in [-0.1, -0.05) is 12.1 Å². The fourth-order valence-electron chi connectivity index (χ4n) is 4.93. The first-order valence-electron chi connectivity index (χ1n) is 11.0. The second-order valence-corrected chi connectivity index (χ2v) is 8.41. The average molecular weight is 448 g/mol. The third-order valence-corrected chi connectivity index (χ3v) is 6.60. The number of imide groups is 1. The van der Waals surface area contributed by atoms with Gasteiger partial charge in [0.2, 0.25) is 5.91 Å². The minimum absolute atomic E-state index is 0.0408. The summed E-state index contributed by atoms with van der Waals surface area (Å²) < 4.78 is 6.50. The van der Waals surface area contributed by atoms with Crippen molar-refractivity contribution in [3.63, 3.8) is 0 Å². The fraction of sp³-hybridized carbons (Fsp3) is 0.333. The van der Waals surface area contributed by atoms with Crippen LogP contribution in [0.5, 0.6) is 0 Å².